The Hall–Kier alpha value is -1.30. The van der Waals surface area contributed by atoms with Gasteiger partial charge in [0.15, 0.2) is 0 Å². The Kier molecular flexibility index (Phi) is 8.82. The molecule has 0 aliphatic carbocycles. The highest BCUT2D eigenvalue weighted by Crippen LogP contribution is 2.14. The highest BCUT2D eigenvalue weighted by molar-refractivity contribution is 5.73. The molecule has 2 amide bonds. The van der Waals surface area contributed by atoms with Crippen LogP contribution < -0.4 is 10.6 Å². The molecule has 1 aliphatic rings. The van der Waals surface area contributed by atoms with Gasteiger partial charge in [0, 0.05) is 26.1 Å². The molecule has 0 bridgehead atoms. The molecule has 1 rings (SSSR count). The molecule has 0 radical (unpaired) electrons. The molecule has 21 heavy (non-hydrogen) atoms. The molecule has 0 aromatic carbocycles. The summed E-state index contributed by atoms with van der Waals surface area (Å²) in [5, 5.41) is 14.3. The van der Waals surface area contributed by atoms with E-state index < -0.39 is 5.97 Å². The van der Waals surface area contributed by atoms with Gasteiger partial charge in [-0.15, -0.1) is 0 Å². The van der Waals surface area contributed by atoms with E-state index in [1.165, 1.54) is 0 Å². The third-order valence-corrected chi connectivity index (χ3v) is 3.95. The molecule has 0 spiro atoms. The van der Waals surface area contributed by atoms with Crippen LogP contribution in [-0.2, 0) is 9.53 Å². The Morgan fingerprint density at radius 1 is 1.29 bits per heavy atom. The van der Waals surface area contributed by atoms with Gasteiger partial charge in [0.1, 0.15) is 0 Å². The van der Waals surface area contributed by atoms with E-state index in [-0.39, 0.29) is 18.6 Å². The van der Waals surface area contributed by atoms with Crippen LogP contribution in [0, 0.1) is 5.92 Å². The van der Waals surface area contributed by atoms with Crippen molar-refractivity contribution in [2.24, 2.45) is 5.92 Å². The molecule has 1 aliphatic heterocycles. The molecule has 122 valence electrons. The molecule has 2 unspecified atom stereocenters. The number of hydrogen-bond acceptors (Lipinski definition) is 3. The minimum atomic E-state index is -0.758. The van der Waals surface area contributed by atoms with E-state index in [0.29, 0.717) is 25.4 Å². The monoisotopic (exact) mass is 300 g/mol. The maximum atomic E-state index is 11.6. The predicted molar refractivity (Wildman–Crippen MR) is 80.3 cm³/mol. The number of carbonyl (C=O) groups excluding carboxylic acids is 1. The highest BCUT2D eigenvalue weighted by Gasteiger charge is 2.14. The van der Waals surface area contributed by atoms with Crippen LogP contribution in [0.2, 0.25) is 0 Å². The van der Waals surface area contributed by atoms with Crippen LogP contribution in [0.5, 0.6) is 0 Å². The van der Waals surface area contributed by atoms with Crippen LogP contribution >= 0.6 is 0 Å². The van der Waals surface area contributed by atoms with Crippen LogP contribution in [0.25, 0.3) is 0 Å². The van der Waals surface area contributed by atoms with Crippen LogP contribution in [0.4, 0.5) is 4.79 Å². The van der Waals surface area contributed by atoms with Gasteiger partial charge >= 0.3 is 12.0 Å². The predicted octanol–water partition coefficient (Wildman–Crippen LogP) is 2.14. The summed E-state index contributed by atoms with van der Waals surface area (Å²) in [5.74, 6) is -0.408. The molecule has 0 aromatic rings. The van der Waals surface area contributed by atoms with Gasteiger partial charge in [0.25, 0.3) is 0 Å². The Bertz CT molecular complexity index is 317. The lowest BCUT2D eigenvalue weighted by Crippen LogP contribution is -2.41. The molecular formula is C15H28N2O4. The number of carbonyl (C=O) groups is 2. The lowest BCUT2D eigenvalue weighted by Gasteiger charge is -2.22. The van der Waals surface area contributed by atoms with Crippen molar-refractivity contribution in [3.05, 3.63) is 0 Å². The van der Waals surface area contributed by atoms with Gasteiger partial charge in [0.2, 0.25) is 0 Å². The first-order chi connectivity index (χ1) is 10.1. The minimum absolute atomic E-state index is 0.142. The van der Waals surface area contributed by atoms with E-state index in [0.717, 1.165) is 38.7 Å². The van der Waals surface area contributed by atoms with Crippen molar-refractivity contribution in [2.45, 2.75) is 58.0 Å². The van der Waals surface area contributed by atoms with E-state index in [1.807, 2.05) is 6.92 Å². The summed E-state index contributed by atoms with van der Waals surface area (Å²) < 4.78 is 5.54. The number of nitrogens with one attached hydrogen (secondary N) is 2. The maximum absolute atomic E-state index is 11.6. The standard InChI is InChI=1S/C15H28N2O4/c1-2-12(6-7-14(18)19)8-9-16-15(20)17-11-13-5-3-4-10-21-13/h12-13H,2-11H2,1H3,(H,18,19)(H2,16,17,20). The maximum Gasteiger partial charge on any atom is 0.314 e. The number of urea groups is 1. The molecule has 6 heteroatoms. The summed E-state index contributed by atoms with van der Waals surface area (Å²) in [7, 11) is 0. The van der Waals surface area contributed by atoms with Crippen molar-refractivity contribution in [1.82, 2.24) is 10.6 Å². The smallest absolute Gasteiger partial charge is 0.314 e. The SMILES string of the molecule is CCC(CCNC(=O)NCC1CCCCO1)CCC(=O)O. The van der Waals surface area contributed by atoms with E-state index >= 15 is 0 Å². The average Bonchev–Trinajstić information content (AvgIpc) is 2.49. The molecule has 0 aromatic heterocycles. The van der Waals surface area contributed by atoms with E-state index in [1.54, 1.807) is 0 Å². The van der Waals surface area contributed by atoms with Crippen LogP contribution in [0.1, 0.15) is 51.9 Å². The zero-order valence-electron chi connectivity index (χ0n) is 12.9. The molecular weight excluding hydrogens is 272 g/mol. The summed E-state index contributed by atoms with van der Waals surface area (Å²) in [5.41, 5.74) is 0. The summed E-state index contributed by atoms with van der Waals surface area (Å²) >= 11 is 0. The summed E-state index contributed by atoms with van der Waals surface area (Å²) in [6.07, 6.45) is 6.04. The quantitative estimate of drug-likeness (QED) is 0.609. The Labute approximate surface area is 126 Å². The number of ether oxygens (including phenoxy) is 1. The van der Waals surface area contributed by atoms with Crippen molar-refractivity contribution in [1.29, 1.82) is 0 Å². The average molecular weight is 300 g/mol. The molecule has 1 heterocycles. The first kappa shape index (κ1) is 17.8. The number of carboxylic acids is 1. The lowest BCUT2D eigenvalue weighted by molar-refractivity contribution is -0.137. The zero-order valence-corrected chi connectivity index (χ0v) is 12.9. The number of rotatable bonds is 9. The fourth-order valence-corrected chi connectivity index (χ4v) is 2.51. The zero-order chi connectivity index (χ0) is 15.5. The van der Waals surface area contributed by atoms with Gasteiger partial charge in [0.05, 0.1) is 6.10 Å². The molecule has 0 saturated carbocycles. The van der Waals surface area contributed by atoms with Gasteiger partial charge < -0.3 is 20.5 Å². The van der Waals surface area contributed by atoms with Gasteiger partial charge in [-0.05, 0) is 38.0 Å². The third-order valence-electron chi connectivity index (χ3n) is 3.95. The summed E-state index contributed by atoms with van der Waals surface area (Å²) in [6, 6.07) is -0.169. The Morgan fingerprint density at radius 3 is 2.71 bits per heavy atom. The van der Waals surface area contributed by atoms with Crippen molar-refractivity contribution >= 4 is 12.0 Å². The van der Waals surface area contributed by atoms with Gasteiger partial charge in [-0.25, -0.2) is 4.79 Å². The Balaban J connectivity index is 2.06. The number of amides is 2. The Morgan fingerprint density at radius 2 is 2.10 bits per heavy atom. The minimum Gasteiger partial charge on any atom is -0.481 e. The van der Waals surface area contributed by atoms with Gasteiger partial charge in [-0.1, -0.05) is 13.3 Å². The van der Waals surface area contributed by atoms with Crippen molar-refractivity contribution < 1.29 is 19.4 Å². The molecule has 6 nitrogen and oxygen atoms in total. The largest absolute Gasteiger partial charge is 0.481 e. The van der Waals surface area contributed by atoms with Crippen LogP contribution in [-0.4, -0.2) is 42.9 Å². The van der Waals surface area contributed by atoms with Crippen molar-refractivity contribution in [2.75, 3.05) is 19.7 Å². The van der Waals surface area contributed by atoms with Crippen LogP contribution in [0.3, 0.4) is 0 Å². The number of hydrogen-bond donors (Lipinski definition) is 3. The molecule has 1 saturated heterocycles. The lowest BCUT2D eigenvalue weighted by atomic mass is 9.97. The van der Waals surface area contributed by atoms with E-state index in [2.05, 4.69) is 10.6 Å². The van der Waals surface area contributed by atoms with Gasteiger partial charge in [-0.2, -0.15) is 0 Å². The second-order valence-electron chi connectivity index (χ2n) is 5.62. The fourth-order valence-electron chi connectivity index (χ4n) is 2.51. The van der Waals surface area contributed by atoms with Gasteiger partial charge in [-0.3, -0.25) is 4.79 Å². The number of carboxylic acid groups (broad SMARTS) is 1. The van der Waals surface area contributed by atoms with Crippen molar-refractivity contribution in [3.63, 3.8) is 0 Å². The summed E-state index contributed by atoms with van der Waals surface area (Å²) in [4.78, 5) is 22.2. The normalized spacial score (nSPS) is 19.8. The topological polar surface area (TPSA) is 87.7 Å². The fraction of sp³-hybridized carbons (Fsp3) is 0.867. The van der Waals surface area contributed by atoms with E-state index in [4.69, 9.17) is 9.84 Å². The van der Waals surface area contributed by atoms with E-state index in [9.17, 15) is 9.59 Å². The van der Waals surface area contributed by atoms with Crippen LogP contribution in [0.15, 0.2) is 0 Å². The second kappa shape index (κ2) is 10.4. The first-order valence-electron chi connectivity index (χ1n) is 7.97. The molecule has 2 atom stereocenters. The third kappa shape index (κ3) is 8.55. The highest BCUT2D eigenvalue weighted by atomic mass is 16.5. The molecule has 1 fully saturated rings. The molecule has 3 N–H and O–H groups in total. The van der Waals surface area contributed by atoms with Crippen molar-refractivity contribution in [3.8, 4) is 0 Å². The number of aliphatic carboxylic acids is 1. The first-order valence-corrected chi connectivity index (χ1v) is 7.97. The summed E-state index contributed by atoms with van der Waals surface area (Å²) in [6.45, 7) is 3.97. The second-order valence-corrected chi connectivity index (χ2v) is 5.62.